The first-order valence-corrected chi connectivity index (χ1v) is 11.1. The number of benzene rings is 3. The first-order valence-electron chi connectivity index (χ1n) is 11.1. The van der Waals surface area contributed by atoms with Crippen LogP contribution in [0.2, 0.25) is 0 Å². The van der Waals surface area contributed by atoms with Gasteiger partial charge in [-0.05, 0) is 46.7 Å². The van der Waals surface area contributed by atoms with E-state index in [1.807, 2.05) is 24.3 Å². The van der Waals surface area contributed by atoms with Gasteiger partial charge in [0.25, 0.3) is 0 Å². The lowest BCUT2D eigenvalue weighted by Crippen LogP contribution is -2.36. The number of phenols is 1. The van der Waals surface area contributed by atoms with Crippen molar-refractivity contribution in [2.24, 2.45) is 0 Å². The van der Waals surface area contributed by atoms with Crippen LogP contribution in [0.15, 0.2) is 42.5 Å². The van der Waals surface area contributed by atoms with Gasteiger partial charge in [-0.2, -0.15) is 0 Å². The predicted molar refractivity (Wildman–Crippen MR) is 123 cm³/mol. The Labute approximate surface area is 182 Å². The van der Waals surface area contributed by atoms with Crippen LogP contribution in [0.5, 0.6) is 11.5 Å². The van der Waals surface area contributed by atoms with Crippen LogP contribution in [-0.4, -0.2) is 43.6 Å². The lowest BCUT2D eigenvalue weighted by molar-refractivity contribution is 0.0731. The molecule has 1 aliphatic carbocycles. The molecule has 1 fully saturated rings. The lowest BCUT2D eigenvalue weighted by atomic mass is 9.85. The average Bonchev–Trinajstić information content (AvgIpc) is 3.06. The molecule has 5 rings (SSSR count). The van der Waals surface area contributed by atoms with Crippen molar-refractivity contribution in [3.05, 3.63) is 53.6 Å². The number of aromatic hydroxyl groups is 1. The Morgan fingerprint density at radius 2 is 1.84 bits per heavy atom. The second kappa shape index (κ2) is 7.74. The Kier molecular flexibility index (Phi) is 5.03. The number of nitrogens with zero attached hydrogens (tertiary/aromatic N) is 1. The number of ether oxygens (including phenoxy) is 2. The number of hydrogen-bond donors (Lipinski definition) is 2. The third kappa shape index (κ3) is 3.07. The molecule has 162 valence electrons. The number of aliphatic hydroxyl groups is 1. The van der Waals surface area contributed by atoms with Crippen molar-refractivity contribution in [1.82, 2.24) is 0 Å². The summed E-state index contributed by atoms with van der Waals surface area (Å²) in [4.78, 5) is 2.27. The topological polar surface area (TPSA) is 62.2 Å². The molecule has 1 saturated heterocycles. The molecule has 2 N–H and O–H groups in total. The van der Waals surface area contributed by atoms with Crippen molar-refractivity contribution < 1.29 is 19.7 Å². The van der Waals surface area contributed by atoms with Crippen LogP contribution in [0.1, 0.15) is 37.3 Å². The number of hydrogen-bond acceptors (Lipinski definition) is 5. The van der Waals surface area contributed by atoms with Crippen LogP contribution < -0.4 is 9.64 Å². The molecule has 5 nitrogen and oxygen atoms in total. The monoisotopic (exact) mass is 419 g/mol. The first kappa shape index (κ1) is 20.2. The molecule has 0 saturated carbocycles. The summed E-state index contributed by atoms with van der Waals surface area (Å²) >= 11 is 0. The van der Waals surface area contributed by atoms with Gasteiger partial charge in [-0.3, -0.25) is 0 Å². The fourth-order valence-corrected chi connectivity index (χ4v) is 5.16. The SMILES string of the molecule is CCCCC1(O)c2ccccc2-c2c1cc(O)c1cc(OC)c(N3CCOCC3)cc21. The van der Waals surface area contributed by atoms with Crippen molar-refractivity contribution in [2.45, 2.75) is 31.8 Å². The summed E-state index contributed by atoms with van der Waals surface area (Å²) in [6.07, 6.45) is 2.54. The van der Waals surface area contributed by atoms with E-state index >= 15 is 0 Å². The molecule has 1 unspecified atom stereocenters. The Hall–Kier alpha value is -2.76. The van der Waals surface area contributed by atoms with Gasteiger partial charge in [-0.25, -0.2) is 0 Å². The van der Waals surface area contributed by atoms with Crippen molar-refractivity contribution in [1.29, 1.82) is 0 Å². The van der Waals surface area contributed by atoms with Gasteiger partial charge in [0, 0.05) is 24.0 Å². The molecule has 1 heterocycles. The highest BCUT2D eigenvalue weighted by Crippen LogP contribution is 2.55. The summed E-state index contributed by atoms with van der Waals surface area (Å²) in [5.74, 6) is 0.903. The number of unbranched alkanes of at least 4 members (excludes halogenated alkanes) is 1. The first-order chi connectivity index (χ1) is 15.1. The molecule has 0 spiro atoms. The summed E-state index contributed by atoms with van der Waals surface area (Å²) in [6, 6.07) is 13.9. The maximum absolute atomic E-state index is 11.9. The van der Waals surface area contributed by atoms with Crippen molar-refractivity contribution >= 4 is 16.5 Å². The van der Waals surface area contributed by atoms with Gasteiger partial charge in [0.1, 0.15) is 17.1 Å². The molecular weight excluding hydrogens is 390 g/mol. The van der Waals surface area contributed by atoms with Crippen molar-refractivity contribution in [3.63, 3.8) is 0 Å². The highest BCUT2D eigenvalue weighted by molar-refractivity contribution is 6.07. The van der Waals surface area contributed by atoms with E-state index in [9.17, 15) is 10.2 Å². The Morgan fingerprint density at radius 1 is 1.06 bits per heavy atom. The quantitative estimate of drug-likeness (QED) is 0.622. The number of methoxy groups -OCH3 is 1. The van der Waals surface area contributed by atoms with E-state index in [0.29, 0.717) is 19.6 Å². The minimum absolute atomic E-state index is 0.170. The van der Waals surface area contributed by atoms with Crippen LogP contribution in [0, 0.1) is 0 Å². The maximum atomic E-state index is 11.9. The van der Waals surface area contributed by atoms with E-state index in [1.54, 1.807) is 13.2 Å². The van der Waals surface area contributed by atoms with Gasteiger partial charge in [-0.1, -0.05) is 44.0 Å². The van der Waals surface area contributed by atoms with E-state index in [2.05, 4.69) is 24.0 Å². The zero-order valence-corrected chi connectivity index (χ0v) is 18.1. The minimum Gasteiger partial charge on any atom is -0.507 e. The second-order valence-corrected chi connectivity index (χ2v) is 8.50. The number of morpholine rings is 1. The largest absolute Gasteiger partial charge is 0.507 e. The van der Waals surface area contributed by atoms with Crippen LogP contribution >= 0.6 is 0 Å². The van der Waals surface area contributed by atoms with Gasteiger partial charge in [-0.15, -0.1) is 0 Å². The molecule has 2 aliphatic rings. The smallest absolute Gasteiger partial charge is 0.142 e. The van der Waals surface area contributed by atoms with E-state index in [1.165, 1.54) is 0 Å². The summed E-state index contributed by atoms with van der Waals surface area (Å²) in [5.41, 5.74) is 3.68. The van der Waals surface area contributed by atoms with Crippen LogP contribution in [0.25, 0.3) is 21.9 Å². The fourth-order valence-electron chi connectivity index (χ4n) is 5.16. The molecule has 0 aromatic heterocycles. The number of fused-ring (bicyclic) bond motifs is 5. The third-order valence-corrected chi connectivity index (χ3v) is 6.75. The summed E-state index contributed by atoms with van der Waals surface area (Å²) in [5, 5.41) is 24.5. The van der Waals surface area contributed by atoms with Crippen molar-refractivity contribution in [3.8, 4) is 22.6 Å². The summed E-state index contributed by atoms with van der Waals surface area (Å²) in [7, 11) is 1.66. The summed E-state index contributed by atoms with van der Waals surface area (Å²) < 4.78 is 11.2. The molecule has 0 radical (unpaired) electrons. The zero-order valence-electron chi connectivity index (χ0n) is 18.1. The Balaban J connectivity index is 1.80. The highest BCUT2D eigenvalue weighted by Gasteiger charge is 2.42. The van der Waals surface area contributed by atoms with Crippen LogP contribution in [0.3, 0.4) is 0 Å². The average molecular weight is 420 g/mol. The predicted octanol–water partition coefficient (Wildman–Crippen LogP) is 4.80. The molecule has 3 aromatic carbocycles. The van der Waals surface area contributed by atoms with E-state index in [4.69, 9.17) is 9.47 Å². The van der Waals surface area contributed by atoms with Gasteiger partial charge < -0.3 is 24.6 Å². The molecular formula is C26H29NO4. The number of anilines is 1. The molecule has 31 heavy (non-hydrogen) atoms. The molecule has 3 aromatic rings. The Morgan fingerprint density at radius 3 is 2.58 bits per heavy atom. The number of rotatable bonds is 5. The standard InChI is InChI=1S/C26H29NO4/c1-3-4-9-26(29)20-8-6-5-7-17(20)25-19-14-22(27-10-12-31-13-11-27)24(30-2)15-18(19)23(28)16-21(25)26/h5-8,14-16,28-29H,3-4,9-13H2,1-2H3. The normalized spacial score (nSPS) is 20.0. The third-order valence-electron chi connectivity index (χ3n) is 6.75. The van der Waals surface area contributed by atoms with Gasteiger partial charge >= 0.3 is 0 Å². The lowest BCUT2D eigenvalue weighted by Gasteiger charge is -2.30. The fraction of sp³-hybridized carbons (Fsp3) is 0.385. The van der Waals surface area contributed by atoms with Gasteiger partial charge in [0.15, 0.2) is 0 Å². The molecule has 0 amide bonds. The second-order valence-electron chi connectivity index (χ2n) is 8.50. The van der Waals surface area contributed by atoms with Gasteiger partial charge in [0.2, 0.25) is 0 Å². The Bertz CT molecular complexity index is 1140. The van der Waals surface area contributed by atoms with E-state index < -0.39 is 5.60 Å². The molecule has 5 heteroatoms. The van der Waals surface area contributed by atoms with Crippen LogP contribution in [-0.2, 0) is 10.3 Å². The van der Waals surface area contributed by atoms with Crippen molar-refractivity contribution in [2.75, 3.05) is 38.3 Å². The zero-order chi connectivity index (χ0) is 21.6. The highest BCUT2D eigenvalue weighted by atomic mass is 16.5. The van der Waals surface area contributed by atoms with Gasteiger partial charge in [0.05, 0.1) is 26.0 Å². The molecule has 0 bridgehead atoms. The summed E-state index contributed by atoms with van der Waals surface area (Å²) in [6.45, 7) is 5.07. The number of phenolic OH excluding ortho intramolecular Hbond substituents is 1. The molecule has 1 aliphatic heterocycles. The van der Waals surface area contributed by atoms with E-state index in [-0.39, 0.29) is 5.75 Å². The van der Waals surface area contributed by atoms with Crippen LogP contribution in [0.4, 0.5) is 5.69 Å². The minimum atomic E-state index is -1.09. The maximum Gasteiger partial charge on any atom is 0.142 e. The van der Waals surface area contributed by atoms with E-state index in [0.717, 1.165) is 70.4 Å². The molecule has 1 atom stereocenters.